The van der Waals surface area contributed by atoms with Crippen molar-refractivity contribution in [1.82, 2.24) is 4.90 Å². The minimum Gasteiger partial charge on any atom is -0.486 e. The maximum absolute atomic E-state index is 12.4. The number of benzene rings is 1. The van der Waals surface area contributed by atoms with Crippen molar-refractivity contribution in [3.63, 3.8) is 0 Å². The van der Waals surface area contributed by atoms with Crippen molar-refractivity contribution in [2.24, 2.45) is 11.7 Å². The number of hydrogen-bond donors (Lipinski definition) is 1. The van der Waals surface area contributed by atoms with E-state index in [0.717, 1.165) is 48.1 Å². The second-order valence-electron chi connectivity index (χ2n) is 6.51. The van der Waals surface area contributed by atoms with Crippen LogP contribution in [0.2, 0.25) is 0 Å². The van der Waals surface area contributed by atoms with Gasteiger partial charge in [0.25, 0.3) is 0 Å². The van der Waals surface area contributed by atoms with Crippen molar-refractivity contribution in [3.05, 3.63) is 18.2 Å². The third-order valence-electron chi connectivity index (χ3n) is 4.65. The molecule has 25 heavy (non-hydrogen) atoms. The summed E-state index contributed by atoms with van der Waals surface area (Å²) < 4.78 is 11.1. The van der Waals surface area contributed by atoms with Crippen molar-refractivity contribution in [1.29, 1.82) is 0 Å². The molecule has 1 aromatic carbocycles. The van der Waals surface area contributed by atoms with Gasteiger partial charge in [0.15, 0.2) is 11.5 Å². The van der Waals surface area contributed by atoms with Crippen LogP contribution in [0.15, 0.2) is 23.1 Å². The number of carbonyl (C=O) groups excluding carboxylic acids is 1. The number of halogens is 1. The number of fused-ring (bicyclic) bond motifs is 1. The van der Waals surface area contributed by atoms with Crippen LogP contribution in [0.25, 0.3) is 0 Å². The number of ether oxygens (including phenoxy) is 2. The van der Waals surface area contributed by atoms with Crippen LogP contribution in [0.4, 0.5) is 0 Å². The molecule has 1 fully saturated rings. The molecule has 140 valence electrons. The zero-order valence-electron chi connectivity index (χ0n) is 14.6. The molecule has 5 nitrogen and oxygen atoms in total. The molecule has 1 amide bonds. The molecular formula is C18H27ClN2O3S. The minimum absolute atomic E-state index is 0. The van der Waals surface area contributed by atoms with E-state index in [2.05, 4.69) is 0 Å². The lowest BCUT2D eigenvalue weighted by molar-refractivity contribution is -0.132. The highest BCUT2D eigenvalue weighted by molar-refractivity contribution is 7.99. The van der Waals surface area contributed by atoms with E-state index in [1.807, 2.05) is 30.0 Å². The van der Waals surface area contributed by atoms with Gasteiger partial charge in [-0.15, -0.1) is 24.2 Å². The van der Waals surface area contributed by atoms with Crippen molar-refractivity contribution >= 4 is 30.1 Å². The topological polar surface area (TPSA) is 64.8 Å². The summed E-state index contributed by atoms with van der Waals surface area (Å²) in [5.41, 5.74) is 6.00. The number of nitrogens with zero attached hydrogens (tertiary/aromatic N) is 1. The lowest BCUT2D eigenvalue weighted by Crippen LogP contribution is -2.45. The first-order chi connectivity index (χ1) is 11.6. The molecule has 0 radical (unpaired) electrons. The van der Waals surface area contributed by atoms with Gasteiger partial charge in [-0.05, 0) is 43.9 Å². The van der Waals surface area contributed by atoms with Crippen LogP contribution in [0, 0.1) is 5.92 Å². The van der Waals surface area contributed by atoms with Crippen LogP contribution >= 0.6 is 24.2 Å². The van der Waals surface area contributed by atoms with Gasteiger partial charge in [-0.3, -0.25) is 4.79 Å². The number of carbonyl (C=O) groups is 1. The summed E-state index contributed by atoms with van der Waals surface area (Å²) in [4.78, 5) is 15.5. The fourth-order valence-corrected chi connectivity index (χ4v) is 4.06. The maximum Gasteiger partial charge on any atom is 0.223 e. The summed E-state index contributed by atoms with van der Waals surface area (Å²) in [6, 6.07) is 6.12. The molecule has 2 N–H and O–H groups in total. The highest BCUT2D eigenvalue weighted by Crippen LogP contribution is 2.34. The average Bonchev–Trinajstić information content (AvgIpc) is 2.61. The Kier molecular flexibility index (Phi) is 7.72. The van der Waals surface area contributed by atoms with Crippen LogP contribution in [-0.2, 0) is 4.79 Å². The van der Waals surface area contributed by atoms with Gasteiger partial charge in [0.05, 0.1) is 0 Å². The molecule has 3 rings (SSSR count). The van der Waals surface area contributed by atoms with Gasteiger partial charge in [0, 0.05) is 36.2 Å². The summed E-state index contributed by atoms with van der Waals surface area (Å²) in [6.07, 6.45) is 2.76. The molecule has 2 unspecified atom stereocenters. The van der Waals surface area contributed by atoms with E-state index in [0.29, 0.717) is 25.6 Å². The SMILES string of the molecule is CC(N)C1CCCN(C(=O)CCSc2ccc3c(c2)OCCO3)C1.Cl. The lowest BCUT2D eigenvalue weighted by atomic mass is 9.92. The minimum atomic E-state index is 0. The van der Waals surface area contributed by atoms with Crippen LogP contribution in [0.3, 0.4) is 0 Å². The third-order valence-corrected chi connectivity index (χ3v) is 5.65. The van der Waals surface area contributed by atoms with Gasteiger partial charge < -0.3 is 20.1 Å². The Morgan fingerprint density at radius 3 is 2.88 bits per heavy atom. The van der Waals surface area contributed by atoms with Gasteiger partial charge in [-0.25, -0.2) is 0 Å². The van der Waals surface area contributed by atoms with Crippen molar-refractivity contribution in [3.8, 4) is 11.5 Å². The first kappa shape index (κ1) is 20.2. The Morgan fingerprint density at radius 1 is 1.36 bits per heavy atom. The molecule has 7 heteroatoms. The van der Waals surface area contributed by atoms with Gasteiger partial charge in [0.2, 0.25) is 5.91 Å². The normalized spacial score (nSPS) is 20.6. The van der Waals surface area contributed by atoms with Crippen LogP contribution in [-0.4, -0.2) is 48.9 Å². The number of rotatable bonds is 5. The molecule has 0 aliphatic carbocycles. The molecule has 1 aromatic rings. The smallest absolute Gasteiger partial charge is 0.223 e. The molecule has 0 aromatic heterocycles. The summed E-state index contributed by atoms with van der Waals surface area (Å²) in [6.45, 7) is 4.92. The monoisotopic (exact) mass is 386 g/mol. The largest absolute Gasteiger partial charge is 0.486 e. The summed E-state index contributed by atoms with van der Waals surface area (Å²) in [5.74, 6) is 3.06. The zero-order chi connectivity index (χ0) is 16.9. The van der Waals surface area contributed by atoms with E-state index in [9.17, 15) is 4.79 Å². The Hall–Kier alpha value is -1.11. The Labute approximate surface area is 160 Å². The summed E-state index contributed by atoms with van der Waals surface area (Å²) in [7, 11) is 0. The molecule has 0 bridgehead atoms. The quantitative estimate of drug-likeness (QED) is 0.788. The van der Waals surface area contributed by atoms with Crippen molar-refractivity contribution < 1.29 is 14.3 Å². The van der Waals surface area contributed by atoms with Crippen LogP contribution < -0.4 is 15.2 Å². The van der Waals surface area contributed by atoms with Crippen LogP contribution in [0.5, 0.6) is 11.5 Å². The second-order valence-corrected chi connectivity index (χ2v) is 7.67. The average molecular weight is 387 g/mol. The van der Waals surface area contributed by atoms with Gasteiger partial charge in [0.1, 0.15) is 13.2 Å². The van der Waals surface area contributed by atoms with Crippen molar-refractivity contribution in [2.75, 3.05) is 32.1 Å². The van der Waals surface area contributed by atoms with E-state index in [4.69, 9.17) is 15.2 Å². The molecular weight excluding hydrogens is 360 g/mol. The molecule has 2 heterocycles. The number of likely N-dealkylation sites (tertiary alicyclic amines) is 1. The first-order valence-electron chi connectivity index (χ1n) is 8.69. The molecule has 1 saturated heterocycles. The number of hydrogen-bond acceptors (Lipinski definition) is 5. The number of thioether (sulfide) groups is 1. The second kappa shape index (κ2) is 9.55. The fraction of sp³-hybridized carbons (Fsp3) is 0.611. The van der Waals surface area contributed by atoms with Crippen molar-refractivity contribution in [2.45, 2.75) is 37.1 Å². The summed E-state index contributed by atoms with van der Waals surface area (Å²) in [5, 5.41) is 0. The maximum atomic E-state index is 12.4. The molecule has 0 spiro atoms. The third kappa shape index (κ3) is 5.43. The van der Waals surface area contributed by atoms with Gasteiger partial charge in [-0.2, -0.15) is 0 Å². The van der Waals surface area contributed by atoms with Crippen LogP contribution in [0.1, 0.15) is 26.2 Å². The summed E-state index contributed by atoms with van der Waals surface area (Å²) >= 11 is 1.68. The predicted octanol–water partition coefficient (Wildman–Crippen LogP) is 2.95. The highest BCUT2D eigenvalue weighted by Gasteiger charge is 2.25. The number of amides is 1. The van der Waals surface area contributed by atoms with Gasteiger partial charge in [-0.1, -0.05) is 0 Å². The van der Waals surface area contributed by atoms with E-state index >= 15 is 0 Å². The predicted molar refractivity (Wildman–Crippen MR) is 103 cm³/mol. The first-order valence-corrected chi connectivity index (χ1v) is 9.68. The van der Waals surface area contributed by atoms with E-state index < -0.39 is 0 Å². The number of piperidine rings is 1. The van der Waals surface area contributed by atoms with E-state index in [-0.39, 0.29) is 24.4 Å². The lowest BCUT2D eigenvalue weighted by Gasteiger charge is -2.34. The standard InChI is InChI=1S/C18H26N2O3S.ClH/c1-13(19)14-3-2-7-20(12-14)18(21)6-10-24-15-4-5-16-17(11-15)23-9-8-22-16;/h4-5,11,13-14H,2-3,6-10,12,19H2,1H3;1H. The van der Waals surface area contributed by atoms with E-state index in [1.165, 1.54) is 0 Å². The highest BCUT2D eigenvalue weighted by atomic mass is 35.5. The molecule has 2 atom stereocenters. The zero-order valence-corrected chi connectivity index (χ0v) is 16.2. The Bertz CT molecular complexity index is 585. The molecule has 2 aliphatic rings. The fourth-order valence-electron chi connectivity index (χ4n) is 3.19. The number of nitrogens with two attached hydrogens (primary N) is 1. The Morgan fingerprint density at radius 2 is 2.12 bits per heavy atom. The Balaban J connectivity index is 0.00000225. The molecule has 2 aliphatic heterocycles. The van der Waals surface area contributed by atoms with Gasteiger partial charge >= 0.3 is 0 Å². The van der Waals surface area contributed by atoms with E-state index in [1.54, 1.807) is 11.8 Å². The molecule has 0 saturated carbocycles.